The van der Waals surface area contributed by atoms with Crippen LogP contribution in [0.1, 0.15) is 42.5 Å². The Morgan fingerprint density at radius 3 is 2.33 bits per heavy atom. The molecule has 0 aromatic heterocycles. The third-order valence-corrected chi connectivity index (χ3v) is 6.85. The van der Waals surface area contributed by atoms with Gasteiger partial charge in [-0.1, -0.05) is 71.4 Å². The molecule has 0 spiro atoms. The van der Waals surface area contributed by atoms with E-state index in [2.05, 4.69) is 21.2 Å². The van der Waals surface area contributed by atoms with E-state index >= 15 is 0 Å². The van der Waals surface area contributed by atoms with Crippen molar-refractivity contribution < 1.29 is 14.3 Å². The zero-order valence-electron chi connectivity index (χ0n) is 21.5. The van der Waals surface area contributed by atoms with Gasteiger partial charge in [-0.15, -0.1) is 0 Å². The third-order valence-electron chi connectivity index (χ3n) is 6.35. The van der Waals surface area contributed by atoms with Crippen LogP contribution in [0, 0.1) is 13.8 Å². The van der Waals surface area contributed by atoms with Gasteiger partial charge in [-0.2, -0.15) is 0 Å². The Bertz CT molecular complexity index is 1170. The van der Waals surface area contributed by atoms with Crippen molar-refractivity contribution in [1.29, 1.82) is 0 Å². The van der Waals surface area contributed by atoms with Crippen molar-refractivity contribution in [3.05, 3.63) is 99.5 Å². The molecule has 2 atom stereocenters. The summed E-state index contributed by atoms with van der Waals surface area (Å²) in [7, 11) is 0. The lowest BCUT2D eigenvalue weighted by Gasteiger charge is -2.32. The molecule has 0 aliphatic carbocycles. The second-order valence-corrected chi connectivity index (χ2v) is 10.1. The van der Waals surface area contributed by atoms with Crippen LogP contribution < -0.4 is 10.1 Å². The normalized spacial score (nSPS) is 12.5. The molecule has 0 aliphatic rings. The molecule has 6 heteroatoms. The highest BCUT2D eigenvalue weighted by Gasteiger charge is 2.31. The summed E-state index contributed by atoms with van der Waals surface area (Å²) in [5, 5.41) is 3.09. The molecule has 0 saturated carbocycles. The first-order chi connectivity index (χ1) is 17.3. The van der Waals surface area contributed by atoms with Crippen LogP contribution in [0.2, 0.25) is 0 Å². The zero-order valence-corrected chi connectivity index (χ0v) is 23.0. The minimum Gasteiger partial charge on any atom is -0.484 e. The first kappa shape index (κ1) is 27.5. The molecule has 2 amide bonds. The van der Waals surface area contributed by atoms with Gasteiger partial charge >= 0.3 is 0 Å². The number of hydrogen-bond donors (Lipinski definition) is 1. The van der Waals surface area contributed by atoms with E-state index in [9.17, 15) is 9.59 Å². The van der Waals surface area contributed by atoms with E-state index in [0.717, 1.165) is 33.1 Å². The second kappa shape index (κ2) is 13.3. The van der Waals surface area contributed by atoms with E-state index in [4.69, 9.17) is 4.74 Å². The molecule has 3 rings (SSSR count). The summed E-state index contributed by atoms with van der Waals surface area (Å²) in [6.45, 7) is 8.19. The molecule has 5 nitrogen and oxygen atoms in total. The summed E-state index contributed by atoms with van der Waals surface area (Å²) in [6.07, 6.45) is 1.21. The lowest BCUT2D eigenvalue weighted by molar-refractivity contribution is -0.143. The van der Waals surface area contributed by atoms with Crippen LogP contribution in [-0.4, -0.2) is 35.4 Å². The van der Waals surface area contributed by atoms with Gasteiger partial charge in [-0.3, -0.25) is 9.59 Å². The summed E-state index contributed by atoms with van der Waals surface area (Å²) >= 11 is 3.52. The molecule has 0 unspecified atom stereocenters. The fraction of sp³-hybridized carbons (Fsp3) is 0.333. The number of ether oxygens (including phenoxy) is 1. The number of carbonyl (C=O) groups excluding carboxylic acids is 2. The summed E-state index contributed by atoms with van der Waals surface area (Å²) in [6, 6.07) is 22.7. The smallest absolute Gasteiger partial charge is 0.261 e. The molecular formula is C30H35BrN2O3. The molecule has 36 heavy (non-hydrogen) atoms. The molecule has 3 aromatic rings. The third kappa shape index (κ3) is 7.95. The summed E-state index contributed by atoms with van der Waals surface area (Å²) in [5.41, 5.74) is 4.18. The molecule has 190 valence electrons. The monoisotopic (exact) mass is 550 g/mol. The van der Waals surface area contributed by atoms with Crippen molar-refractivity contribution >= 4 is 27.7 Å². The Morgan fingerprint density at radius 2 is 1.67 bits per heavy atom. The van der Waals surface area contributed by atoms with Crippen molar-refractivity contribution in [2.24, 2.45) is 0 Å². The molecule has 1 N–H and O–H groups in total. The van der Waals surface area contributed by atoms with Crippen molar-refractivity contribution in [2.75, 3.05) is 6.61 Å². The predicted molar refractivity (Wildman–Crippen MR) is 148 cm³/mol. The van der Waals surface area contributed by atoms with Crippen LogP contribution in [0.15, 0.2) is 77.3 Å². The average Bonchev–Trinajstić information content (AvgIpc) is 2.87. The van der Waals surface area contributed by atoms with E-state index in [0.29, 0.717) is 18.7 Å². The molecule has 0 radical (unpaired) electrons. The number of carbonyl (C=O) groups is 2. The Kier molecular flexibility index (Phi) is 10.1. The fourth-order valence-electron chi connectivity index (χ4n) is 3.86. The number of nitrogens with one attached hydrogen (secondary N) is 1. The molecule has 0 bridgehead atoms. The minimum atomic E-state index is -0.684. The maximum atomic E-state index is 13.7. The van der Waals surface area contributed by atoms with Crippen LogP contribution >= 0.6 is 15.9 Å². The quantitative estimate of drug-likeness (QED) is 0.318. The van der Waals surface area contributed by atoms with Crippen LogP contribution in [-0.2, 0) is 22.6 Å². The lowest BCUT2D eigenvalue weighted by Crippen LogP contribution is -2.53. The molecule has 0 aliphatic heterocycles. The maximum absolute atomic E-state index is 13.7. The predicted octanol–water partition coefficient (Wildman–Crippen LogP) is 6.00. The summed E-state index contributed by atoms with van der Waals surface area (Å²) in [4.78, 5) is 28.8. The highest BCUT2D eigenvalue weighted by molar-refractivity contribution is 9.10. The summed E-state index contributed by atoms with van der Waals surface area (Å²) < 4.78 is 6.82. The van der Waals surface area contributed by atoms with Crippen molar-refractivity contribution in [3.63, 3.8) is 0 Å². The van der Waals surface area contributed by atoms with Gasteiger partial charge in [-0.05, 0) is 73.7 Å². The highest BCUT2D eigenvalue weighted by atomic mass is 79.9. The van der Waals surface area contributed by atoms with E-state index in [1.807, 2.05) is 100 Å². The Balaban J connectivity index is 1.91. The van der Waals surface area contributed by atoms with E-state index in [-0.39, 0.29) is 24.5 Å². The van der Waals surface area contributed by atoms with Crippen molar-refractivity contribution in [3.8, 4) is 5.75 Å². The average molecular weight is 552 g/mol. The zero-order chi connectivity index (χ0) is 26.1. The van der Waals surface area contributed by atoms with Crippen LogP contribution in [0.25, 0.3) is 0 Å². The maximum Gasteiger partial charge on any atom is 0.261 e. The number of nitrogens with zero attached hydrogens (tertiary/aromatic N) is 1. The largest absolute Gasteiger partial charge is 0.484 e. The van der Waals surface area contributed by atoms with Gasteiger partial charge in [0, 0.05) is 23.5 Å². The standard InChI is InChI=1S/C30H35BrN2O3/c1-5-23(4)32-30(35)28(18-24-10-7-6-8-11-24)33(19-25-12-9-13-26(31)17-25)29(34)20-36-27-15-14-21(2)22(3)16-27/h6-17,23,28H,5,18-20H2,1-4H3,(H,32,35)/t23-,28+/m0/s1. The van der Waals surface area contributed by atoms with E-state index < -0.39 is 6.04 Å². The van der Waals surface area contributed by atoms with Gasteiger partial charge in [0.2, 0.25) is 5.91 Å². The van der Waals surface area contributed by atoms with Crippen molar-refractivity contribution in [1.82, 2.24) is 10.2 Å². The molecule has 0 fully saturated rings. The minimum absolute atomic E-state index is 0.00498. The molecule has 0 heterocycles. The SMILES string of the molecule is CC[C@H](C)NC(=O)[C@@H](Cc1ccccc1)N(Cc1cccc(Br)c1)C(=O)COc1ccc(C)c(C)c1. The topological polar surface area (TPSA) is 58.6 Å². The molecular weight excluding hydrogens is 516 g/mol. The number of aryl methyl sites for hydroxylation is 2. The van der Waals surface area contributed by atoms with E-state index in [1.54, 1.807) is 4.90 Å². The van der Waals surface area contributed by atoms with Gasteiger partial charge in [0.15, 0.2) is 6.61 Å². The summed E-state index contributed by atoms with van der Waals surface area (Å²) in [5.74, 6) is 0.230. The molecule has 0 saturated heterocycles. The first-order valence-electron chi connectivity index (χ1n) is 12.3. The van der Waals surface area contributed by atoms with Gasteiger partial charge in [-0.25, -0.2) is 0 Å². The van der Waals surface area contributed by atoms with Crippen LogP contribution in [0.5, 0.6) is 5.75 Å². The fourth-order valence-corrected chi connectivity index (χ4v) is 4.31. The number of amides is 2. The van der Waals surface area contributed by atoms with Crippen LogP contribution in [0.4, 0.5) is 0 Å². The number of halogens is 1. The molecule has 3 aromatic carbocycles. The number of rotatable bonds is 11. The van der Waals surface area contributed by atoms with Gasteiger partial charge in [0.1, 0.15) is 11.8 Å². The Morgan fingerprint density at radius 1 is 0.944 bits per heavy atom. The van der Waals surface area contributed by atoms with Crippen molar-refractivity contribution in [2.45, 2.75) is 59.2 Å². The first-order valence-corrected chi connectivity index (χ1v) is 13.1. The Labute approximate surface area is 223 Å². The van der Waals surface area contributed by atoms with Gasteiger partial charge in [0.25, 0.3) is 5.91 Å². The lowest BCUT2D eigenvalue weighted by atomic mass is 10.0. The Hall–Kier alpha value is -3.12. The second-order valence-electron chi connectivity index (χ2n) is 9.21. The number of hydrogen-bond acceptors (Lipinski definition) is 3. The number of benzene rings is 3. The van der Waals surface area contributed by atoms with Crippen LogP contribution in [0.3, 0.4) is 0 Å². The van der Waals surface area contributed by atoms with E-state index in [1.165, 1.54) is 0 Å². The highest BCUT2D eigenvalue weighted by Crippen LogP contribution is 2.20. The van der Waals surface area contributed by atoms with Gasteiger partial charge in [0.05, 0.1) is 0 Å². The van der Waals surface area contributed by atoms with Gasteiger partial charge < -0.3 is 15.0 Å².